The first-order chi connectivity index (χ1) is 12.8. The van der Waals surface area contributed by atoms with E-state index in [2.05, 4.69) is 23.2 Å². The molecule has 0 fully saturated rings. The van der Waals surface area contributed by atoms with Gasteiger partial charge in [-0.2, -0.15) is 4.99 Å². The van der Waals surface area contributed by atoms with Gasteiger partial charge in [0.2, 0.25) is 0 Å². The normalized spacial score (nSPS) is 13.3. The molecule has 0 atom stereocenters. The topological polar surface area (TPSA) is 43.6 Å². The van der Waals surface area contributed by atoms with E-state index in [0.29, 0.717) is 18.5 Å². The van der Waals surface area contributed by atoms with Crippen molar-refractivity contribution in [3.63, 3.8) is 0 Å². The fourth-order valence-corrected chi connectivity index (χ4v) is 3.17. The van der Waals surface area contributed by atoms with E-state index in [1.807, 2.05) is 59.3 Å². The number of pyridine rings is 1. The van der Waals surface area contributed by atoms with Gasteiger partial charge in [0.05, 0.1) is 13.0 Å². The van der Waals surface area contributed by atoms with E-state index >= 15 is 0 Å². The smallest absolute Gasteiger partial charge is 0.252 e. The maximum atomic E-state index is 12.5. The summed E-state index contributed by atoms with van der Waals surface area (Å²) in [6.07, 6.45) is 3.16. The fraction of sp³-hybridized carbons (Fsp3) is 0.182. The number of rotatable bonds is 4. The highest BCUT2D eigenvalue weighted by molar-refractivity contribution is 5.79. The van der Waals surface area contributed by atoms with Crippen LogP contribution in [0.15, 0.2) is 77.9 Å². The maximum absolute atomic E-state index is 12.5. The summed E-state index contributed by atoms with van der Waals surface area (Å²) >= 11 is 0. The molecule has 4 rings (SSSR count). The van der Waals surface area contributed by atoms with Crippen molar-refractivity contribution in [2.75, 3.05) is 6.61 Å². The van der Waals surface area contributed by atoms with Crippen LogP contribution in [0.5, 0.6) is 5.75 Å². The maximum Gasteiger partial charge on any atom is 0.252 e. The minimum Gasteiger partial charge on any atom is -0.493 e. The van der Waals surface area contributed by atoms with Gasteiger partial charge in [-0.3, -0.25) is 4.79 Å². The number of aromatic nitrogens is 1. The summed E-state index contributed by atoms with van der Waals surface area (Å²) in [5.41, 5.74) is 4.00. The number of fused-ring (bicyclic) bond motifs is 1. The van der Waals surface area contributed by atoms with E-state index in [1.165, 1.54) is 11.1 Å². The van der Waals surface area contributed by atoms with Crippen LogP contribution >= 0.6 is 0 Å². The zero-order valence-electron chi connectivity index (χ0n) is 14.5. The molecule has 0 bridgehead atoms. The molecule has 2 heterocycles. The number of benzene rings is 2. The van der Waals surface area contributed by atoms with Crippen molar-refractivity contribution in [1.29, 1.82) is 0 Å². The lowest BCUT2D eigenvalue weighted by molar-refractivity contribution is -0.117. The van der Waals surface area contributed by atoms with Crippen LogP contribution in [0.3, 0.4) is 0 Å². The quantitative estimate of drug-likeness (QED) is 0.730. The van der Waals surface area contributed by atoms with Crippen molar-refractivity contribution in [3.05, 3.63) is 95.1 Å². The van der Waals surface area contributed by atoms with E-state index in [-0.39, 0.29) is 5.91 Å². The molecule has 0 unspecified atom stereocenters. The lowest BCUT2D eigenvalue weighted by Gasteiger charge is -2.07. The van der Waals surface area contributed by atoms with Crippen LogP contribution in [0.25, 0.3) is 0 Å². The molecule has 0 N–H and O–H groups in total. The van der Waals surface area contributed by atoms with Gasteiger partial charge < -0.3 is 9.30 Å². The second kappa shape index (κ2) is 7.40. The first kappa shape index (κ1) is 16.3. The SMILES string of the molecule is O=C(Cc1ccc2c(c1)CCO2)N=c1ccccn1Cc1ccccc1. The molecule has 0 spiro atoms. The van der Waals surface area contributed by atoms with Crippen molar-refractivity contribution in [2.24, 2.45) is 4.99 Å². The van der Waals surface area contributed by atoms with Gasteiger partial charge in [-0.15, -0.1) is 0 Å². The summed E-state index contributed by atoms with van der Waals surface area (Å²) in [5, 5.41) is 0. The van der Waals surface area contributed by atoms with Crippen LogP contribution in [0.4, 0.5) is 0 Å². The Bertz CT molecular complexity index is 990. The summed E-state index contributed by atoms with van der Waals surface area (Å²) in [6.45, 7) is 1.41. The van der Waals surface area contributed by atoms with Crippen molar-refractivity contribution in [3.8, 4) is 5.75 Å². The highest BCUT2D eigenvalue weighted by atomic mass is 16.5. The van der Waals surface area contributed by atoms with Gasteiger partial charge in [0.1, 0.15) is 11.2 Å². The van der Waals surface area contributed by atoms with Crippen LogP contribution in [0.2, 0.25) is 0 Å². The van der Waals surface area contributed by atoms with Crippen molar-refractivity contribution >= 4 is 5.91 Å². The van der Waals surface area contributed by atoms with Gasteiger partial charge in [0.25, 0.3) is 5.91 Å². The third-order valence-electron chi connectivity index (χ3n) is 4.46. The van der Waals surface area contributed by atoms with Crippen LogP contribution < -0.4 is 10.2 Å². The minimum absolute atomic E-state index is 0.142. The molecule has 0 aliphatic carbocycles. The molecule has 0 radical (unpaired) electrons. The molecule has 4 heteroatoms. The van der Waals surface area contributed by atoms with Gasteiger partial charge in [0, 0.05) is 19.2 Å². The van der Waals surface area contributed by atoms with Gasteiger partial charge in [0.15, 0.2) is 0 Å². The summed E-state index contributed by atoms with van der Waals surface area (Å²) in [5.74, 6) is 0.791. The van der Waals surface area contributed by atoms with Crippen molar-refractivity contribution < 1.29 is 9.53 Å². The lowest BCUT2D eigenvalue weighted by atomic mass is 10.1. The Morgan fingerprint density at radius 3 is 2.73 bits per heavy atom. The van der Waals surface area contributed by atoms with E-state index < -0.39 is 0 Å². The summed E-state index contributed by atoms with van der Waals surface area (Å²) in [4.78, 5) is 16.8. The van der Waals surface area contributed by atoms with E-state index in [9.17, 15) is 4.79 Å². The van der Waals surface area contributed by atoms with Crippen LogP contribution in [0.1, 0.15) is 16.7 Å². The fourth-order valence-electron chi connectivity index (χ4n) is 3.17. The van der Waals surface area contributed by atoms with E-state index in [1.54, 1.807) is 0 Å². The summed E-state index contributed by atoms with van der Waals surface area (Å²) < 4.78 is 7.50. The number of carbonyl (C=O) groups excluding carboxylic acids is 1. The molecule has 2 aromatic carbocycles. The Labute approximate surface area is 152 Å². The molecule has 1 aromatic heterocycles. The third kappa shape index (κ3) is 3.75. The molecule has 130 valence electrons. The summed E-state index contributed by atoms with van der Waals surface area (Å²) in [7, 11) is 0. The average molecular weight is 344 g/mol. The molecule has 3 aromatic rings. The van der Waals surface area contributed by atoms with Gasteiger partial charge in [-0.1, -0.05) is 48.5 Å². The Kier molecular flexibility index (Phi) is 4.65. The largest absolute Gasteiger partial charge is 0.493 e. The number of carbonyl (C=O) groups is 1. The molecular weight excluding hydrogens is 324 g/mol. The summed E-state index contributed by atoms with van der Waals surface area (Å²) in [6, 6.07) is 21.8. The highest BCUT2D eigenvalue weighted by Crippen LogP contribution is 2.26. The second-order valence-corrected chi connectivity index (χ2v) is 6.40. The molecule has 26 heavy (non-hydrogen) atoms. The number of hydrogen-bond acceptors (Lipinski definition) is 2. The lowest BCUT2D eigenvalue weighted by Crippen LogP contribution is -2.22. The molecule has 1 amide bonds. The molecule has 4 nitrogen and oxygen atoms in total. The van der Waals surface area contributed by atoms with Crippen molar-refractivity contribution in [1.82, 2.24) is 4.57 Å². The van der Waals surface area contributed by atoms with E-state index in [4.69, 9.17) is 4.74 Å². The van der Waals surface area contributed by atoms with Crippen molar-refractivity contribution in [2.45, 2.75) is 19.4 Å². The average Bonchev–Trinajstić information content (AvgIpc) is 3.12. The van der Waals surface area contributed by atoms with Crippen LogP contribution in [-0.4, -0.2) is 17.1 Å². The number of amides is 1. The first-order valence-electron chi connectivity index (χ1n) is 8.79. The zero-order chi connectivity index (χ0) is 17.8. The van der Waals surface area contributed by atoms with Gasteiger partial charge >= 0.3 is 0 Å². The minimum atomic E-state index is -0.142. The molecule has 1 aliphatic rings. The Balaban J connectivity index is 1.55. The number of hydrogen-bond donors (Lipinski definition) is 0. The predicted octanol–water partition coefficient (Wildman–Crippen LogP) is 3.14. The monoisotopic (exact) mass is 344 g/mol. The van der Waals surface area contributed by atoms with Crippen LogP contribution in [0, 0.1) is 0 Å². The van der Waals surface area contributed by atoms with E-state index in [0.717, 1.165) is 24.3 Å². The molecular formula is C22H20N2O2. The zero-order valence-corrected chi connectivity index (χ0v) is 14.5. The first-order valence-corrected chi connectivity index (χ1v) is 8.79. The molecule has 1 aliphatic heterocycles. The number of nitrogens with zero attached hydrogens (tertiary/aromatic N) is 2. The highest BCUT2D eigenvalue weighted by Gasteiger charge is 2.13. The molecule has 0 saturated heterocycles. The van der Waals surface area contributed by atoms with Gasteiger partial charge in [-0.05, 0) is 34.9 Å². The Morgan fingerprint density at radius 1 is 1.00 bits per heavy atom. The second-order valence-electron chi connectivity index (χ2n) is 6.40. The van der Waals surface area contributed by atoms with Crippen LogP contribution in [-0.2, 0) is 24.2 Å². The number of ether oxygens (including phenoxy) is 1. The Morgan fingerprint density at radius 2 is 1.85 bits per heavy atom. The Hall–Kier alpha value is -3.14. The van der Waals surface area contributed by atoms with Gasteiger partial charge in [-0.25, -0.2) is 0 Å². The predicted molar refractivity (Wildman–Crippen MR) is 99.9 cm³/mol. The third-order valence-corrected chi connectivity index (χ3v) is 4.46. The molecule has 0 saturated carbocycles. The standard InChI is InChI=1S/C22H20N2O2/c25-22(15-18-9-10-20-19(14-18)11-13-26-20)23-21-8-4-5-12-24(21)16-17-6-2-1-3-7-17/h1-10,12,14H,11,13,15-16H2.